The fourth-order valence-electron chi connectivity index (χ4n) is 2.92. The summed E-state index contributed by atoms with van der Waals surface area (Å²) in [7, 11) is 0. The van der Waals surface area contributed by atoms with Crippen molar-refractivity contribution in [3.05, 3.63) is 34.9 Å². The van der Waals surface area contributed by atoms with Gasteiger partial charge in [0.05, 0.1) is 5.75 Å². The molecule has 1 aromatic rings. The van der Waals surface area contributed by atoms with Gasteiger partial charge in [-0.1, -0.05) is 56.0 Å². The highest BCUT2D eigenvalue weighted by atomic mass is 35.5. The van der Waals surface area contributed by atoms with E-state index in [1.807, 2.05) is 6.92 Å². The number of halogens is 4. The molecule has 1 amide bonds. The summed E-state index contributed by atoms with van der Waals surface area (Å²) in [6, 6.07) is 7.05. The first kappa shape index (κ1) is 23.0. The van der Waals surface area contributed by atoms with Gasteiger partial charge in [-0.15, -0.1) is 11.8 Å². The molecule has 1 atom stereocenters. The first-order valence-corrected chi connectivity index (χ1v) is 10.7. The predicted octanol–water partition coefficient (Wildman–Crippen LogP) is 5.38. The van der Waals surface area contributed by atoms with Crippen LogP contribution in [0.1, 0.15) is 51.0 Å². The first-order valence-electron chi connectivity index (χ1n) is 9.18. The Morgan fingerprint density at radius 1 is 1.32 bits per heavy atom. The number of nitrogens with zero attached hydrogens (tertiary/aromatic N) is 2. The van der Waals surface area contributed by atoms with E-state index in [2.05, 4.69) is 5.10 Å². The number of hydrogen-bond acceptors (Lipinski definition) is 4. The average molecular weight is 437 g/mol. The van der Waals surface area contributed by atoms with Crippen LogP contribution < -0.4 is 0 Å². The highest BCUT2D eigenvalue weighted by Crippen LogP contribution is 2.41. The minimum Gasteiger partial charge on any atom is -0.362 e. The molecule has 1 aliphatic heterocycles. The predicted molar refractivity (Wildman–Crippen MR) is 106 cm³/mol. The van der Waals surface area contributed by atoms with E-state index in [4.69, 9.17) is 11.6 Å². The zero-order chi connectivity index (χ0) is 20.8. The number of alkyl halides is 3. The zero-order valence-corrected chi connectivity index (χ0v) is 17.2. The van der Waals surface area contributed by atoms with Crippen molar-refractivity contribution in [3.63, 3.8) is 0 Å². The third-order valence-corrected chi connectivity index (χ3v) is 5.83. The standard InChI is InChI=1S/C19H24ClF3N2O2S/c1-2-3-4-5-9-15-11-18(27,19(21,22)23)25(24-15)17(26)13-28-12-14-8-6-7-10-16(14)20/h6-8,10,27H,2-5,9,11-13H2,1H3/t18-/m1/s1. The summed E-state index contributed by atoms with van der Waals surface area (Å²) < 4.78 is 40.4. The van der Waals surface area contributed by atoms with E-state index < -0.39 is 24.2 Å². The molecule has 156 valence electrons. The van der Waals surface area contributed by atoms with Gasteiger partial charge in [0.15, 0.2) is 0 Å². The molecular formula is C19H24ClF3N2O2S. The third kappa shape index (κ3) is 5.64. The number of amides is 1. The van der Waals surface area contributed by atoms with Crippen molar-refractivity contribution in [2.75, 3.05) is 5.75 Å². The summed E-state index contributed by atoms with van der Waals surface area (Å²) in [5, 5.41) is 14.8. The Bertz CT molecular complexity index is 715. The molecule has 1 aliphatic rings. The average Bonchev–Trinajstić information content (AvgIpc) is 2.98. The Kier molecular flexibility index (Phi) is 8.21. The molecule has 1 aromatic carbocycles. The van der Waals surface area contributed by atoms with Crippen LogP contribution in [0, 0.1) is 0 Å². The van der Waals surface area contributed by atoms with Gasteiger partial charge >= 0.3 is 6.18 Å². The van der Waals surface area contributed by atoms with E-state index in [1.54, 1.807) is 24.3 Å². The molecule has 0 aliphatic carbocycles. The molecule has 4 nitrogen and oxygen atoms in total. The topological polar surface area (TPSA) is 52.9 Å². The number of hydrazone groups is 1. The Morgan fingerprint density at radius 3 is 2.68 bits per heavy atom. The second-order valence-corrected chi connectivity index (χ2v) is 8.15. The first-order chi connectivity index (χ1) is 13.2. The Morgan fingerprint density at radius 2 is 2.04 bits per heavy atom. The maximum Gasteiger partial charge on any atom is 0.438 e. The van der Waals surface area contributed by atoms with Gasteiger partial charge in [-0.3, -0.25) is 4.79 Å². The third-order valence-electron chi connectivity index (χ3n) is 4.49. The van der Waals surface area contributed by atoms with Crippen molar-refractivity contribution in [2.24, 2.45) is 5.10 Å². The second kappa shape index (κ2) is 9.98. The molecule has 1 N–H and O–H groups in total. The summed E-state index contributed by atoms with van der Waals surface area (Å²) in [6.07, 6.45) is -1.78. The number of unbranched alkanes of at least 4 members (excludes halogenated alkanes) is 3. The molecule has 0 fully saturated rings. The molecule has 2 rings (SSSR count). The Balaban J connectivity index is 2.01. The van der Waals surface area contributed by atoms with E-state index in [1.165, 1.54) is 0 Å². The molecule has 0 spiro atoms. The number of carbonyl (C=O) groups excluding carboxylic acids is 1. The van der Waals surface area contributed by atoms with Crippen LogP contribution in [0.2, 0.25) is 5.02 Å². The highest BCUT2D eigenvalue weighted by molar-refractivity contribution is 7.99. The van der Waals surface area contributed by atoms with Crippen LogP contribution in [0.4, 0.5) is 13.2 Å². The van der Waals surface area contributed by atoms with Crippen molar-refractivity contribution < 1.29 is 23.1 Å². The highest BCUT2D eigenvalue weighted by Gasteiger charge is 2.62. The molecule has 0 radical (unpaired) electrons. The second-order valence-electron chi connectivity index (χ2n) is 6.76. The van der Waals surface area contributed by atoms with Gasteiger partial charge in [-0.2, -0.15) is 23.3 Å². The van der Waals surface area contributed by atoms with Crippen LogP contribution >= 0.6 is 23.4 Å². The van der Waals surface area contributed by atoms with Gasteiger partial charge < -0.3 is 5.11 Å². The van der Waals surface area contributed by atoms with Crippen molar-refractivity contribution in [3.8, 4) is 0 Å². The lowest BCUT2D eigenvalue weighted by Gasteiger charge is -2.32. The van der Waals surface area contributed by atoms with Crippen molar-refractivity contribution in [1.29, 1.82) is 0 Å². The van der Waals surface area contributed by atoms with Crippen LogP contribution in [0.15, 0.2) is 29.4 Å². The van der Waals surface area contributed by atoms with Crippen LogP contribution in [0.5, 0.6) is 0 Å². The summed E-state index contributed by atoms with van der Waals surface area (Å²) in [4.78, 5) is 12.4. The van der Waals surface area contributed by atoms with E-state index in [0.717, 1.165) is 36.6 Å². The minimum atomic E-state index is -4.98. The van der Waals surface area contributed by atoms with Crippen LogP contribution in [-0.2, 0) is 10.5 Å². The summed E-state index contributed by atoms with van der Waals surface area (Å²) in [5.41, 5.74) is -2.27. The van der Waals surface area contributed by atoms with Crippen molar-refractivity contribution >= 4 is 35.0 Å². The van der Waals surface area contributed by atoms with Gasteiger partial charge in [-0.05, 0) is 24.5 Å². The molecule has 0 unspecified atom stereocenters. The maximum atomic E-state index is 13.5. The Hall–Kier alpha value is -1.25. The fourth-order valence-corrected chi connectivity index (χ4v) is 4.07. The molecular weight excluding hydrogens is 413 g/mol. The maximum absolute atomic E-state index is 13.5. The number of benzene rings is 1. The number of thioether (sulfide) groups is 1. The van der Waals surface area contributed by atoms with Gasteiger partial charge in [0.1, 0.15) is 0 Å². The quantitative estimate of drug-likeness (QED) is 0.528. The van der Waals surface area contributed by atoms with Crippen molar-refractivity contribution in [2.45, 2.75) is 63.1 Å². The van der Waals surface area contributed by atoms with Crippen LogP contribution in [0.25, 0.3) is 0 Å². The lowest BCUT2D eigenvalue weighted by Crippen LogP contribution is -2.57. The summed E-state index contributed by atoms with van der Waals surface area (Å²) in [6.45, 7) is 2.04. The molecule has 0 saturated carbocycles. The van der Waals surface area contributed by atoms with Gasteiger partial charge in [-0.25, -0.2) is 0 Å². The van der Waals surface area contributed by atoms with Gasteiger partial charge in [0.2, 0.25) is 0 Å². The summed E-state index contributed by atoms with van der Waals surface area (Å²) in [5.74, 6) is -0.742. The molecule has 0 bridgehead atoms. The molecule has 0 saturated heterocycles. The van der Waals surface area contributed by atoms with Gasteiger partial charge in [0, 0.05) is 22.9 Å². The minimum absolute atomic E-state index is 0.209. The van der Waals surface area contributed by atoms with Crippen LogP contribution in [-0.4, -0.2) is 39.4 Å². The molecule has 9 heteroatoms. The van der Waals surface area contributed by atoms with E-state index >= 15 is 0 Å². The Labute approximate surface area is 172 Å². The monoisotopic (exact) mass is 436 g/mol. The molecule has 28 heavy (non-hydrogen) atoms. The van der Waals surface area contributed by atoms with Crippen molar-refractivity contribution in [1.82, 2.24) is 5.01 Å². The molecule has 0 aromatic heterocycles. The lowest BCUT2D eigenvalue weighted by atomic mass is 10.0. The van der Waals surface area contributed by atoms with E-state index in [9.17, 15) is 23.1 Å². The van der Waals surface area contributed by atoms with Crippen LogP contribution in [0.3, 0.4) is 0 Å². The fraction of sp³-hybridized carbons (Fsp3) is 0.579. The SMILES string of the molecule is CCCCCCC1=NN(C(=O)CSCc2ccccc2Cl)[C@](O)(C(F)(F)F)C1. The summed E-state index contributed by atoms with van der Waals surface area (Å²) >= 11 is 7.17. The smallest absolute Gasteiger partial charge is 0.362 e. The van der Waals surface area contributed by atoms with E-state index in [-0.39, 0.29) is 16.5 Å². The lowest BCUT2D eigenvalue weighted by molar-refractivity contribution is -0.301. The molecule has 1 heterocycles. The van der Waals surface area contributed by atoms with E-state index in [0.29, 0.717) is 23.6 Å². The normalized spacial score (nSPS) is 19.8. The van der Waals surface area contributed by atoms with Gasteiger partial charge in [0.25, 0.3) is 11.6 Å². The largest absolute Gasteiger partial charge is 0.438 e. The zero-order valence-electron chi connectivity index (χ0n) is 15.6. The number of carbonyl (C=O) groups is 1. The number of aliphatic hydroxyl groups is 1. The number of hydrogen-bond donors (Lipinski definition) is 1. The number of rotatable bonds is 9.